The quantitative estimate of drug-likeness (QED) is 0.747. The summed E-state index contributed by atoms with van der Waals surface area (Å²) in [6, 6.07) is 8.82. The molecule has 0 unspecified atom stereocenters. The van der Waals surface area contributed by atoms with E-state index in [1.165, 1.54) is 40.0 Å². The first-order valence-electron chi connectivity index (χ1n) is 9.60. The maximum atomic E-state index is 4.41. The molecule has 2 aliphatic heterocycles. The molecule has 4 nitrogen and oxygen atoms in total. The average Bonchev–Trinajstić information content (AvgIpc) is 3.24. The van der Waals surface area contributed by atoms with Crippen LogP contribution in [-0.4, -0.2) is 46.4 Å². The minimum atomic E-state index is 0.172. The van der Waals surface area contributed by atoms with Crippen LogP contribution in [0.25, 0.3) is 10.9 Å². The predicted molar refractivity (Wildman–Crippen MR) is 108 cm³/mol. The van der Waals surface area contributed by atoms with Crippen molar-refractivity contribution in [3.05, 3.63) is 51.6 Å². The van der Waals surface area contributed by atoms with E-state index in [0.29, 0.717) is 0 Å². The first-order chi connectivity index (χ1) is 12.7. The summed E-state index contributed by atoms with van der Waals surface area (Å²) in [5.74, 6) is 0. The van der Waals surface area contributed by atoms with Gasteiger partial charge in [-0.25, -0.2) is 4.98 Å². The molecule has 0 aliphatic carbocycles. The molecule has 1 aromatic carbocycles. The zero-order valence-electron chi connectivity index (χ0n) is 15.6. The van der Waals surface area contributed by atoms with E-state index in [4.69, 9.17) is 0 Å². The number of fused-ring (bicyclic) bond motifs is 4. The van der Waals surface area contributed by atoms with Crippen LogP contribution in [0.5, 0.6) is 0 Å². The average molecular weight is 367 g/mol. The number of hydrogen-bond acceptors (Lipinski definition) is 4. The minimum Gasteiger partial charge on any atom is -0.357 e. The first kappa shape index (κ1) is 16.5. The number of hydrogen-bond donors (Lipinski definition) is 1. The molecule has 2 aliphatic rings. The third kappa shape index (κ3) is 2.45. The molecular weight excluding hydrogens is 340 g/mol. The number of aryl methyl sites for hydroxylation is 1. The van der Waals surface area contributed by atoms with Gasteiger partial charge in [-0.1, -0.05) is 18.2 Å². The number of nitrogens with zero attached hydrogens (tertiary/aromatic N) is 3. The van der Waals surface area contributed by atoms with E-state index in [2.05, 4.69) is 58.0 Å². The molecule has 136 valence electrons. The number of H-pyrrole nitrogens is 1. The summed E-state index contributed by atoms with van der Waals surface area (Å²) in [6.07, 6.45) is 3.55. The molecule has 0 atom stereocenters. The van der Waals surface area contributed by atoms with Gasteiger partial charge in [-0.15, -0.1) is 11.3 Å². The lowest BCUT2D eigenvalue weighted by Crippen LogP contribution is -2.54. The van der Waals surface area contributed by atoms with E-state index in [1.54, 1.807) is 16.9 Å². The van der Waals surface area contributed by atoms with Gasteiger partial charge in [0, 0.05) is 47.7 Å². The van der Waals surface area contributed by atoms with E-state index >= 15 is 0 Å². The maximum Gasteiger partial charge on any atom is 0.0798 e. The SMILES string of the molecule is Cc1ncsc1CN1CCC2(CC1)c1[nH]c3ccccc3c1CCN2C. The molecule has 2 aromatic heterocycles. The molecule has 5 rings (SSSR count). The number of aromatic amines is 1. The Morgan fingerprint density at radius 3 is 2.77 bits per heavy atom. The van der Waals surface area contributed by atoms with Crippen molar-refractivity contribution in [1.29, 1.82) is 0 Å². The highest BCUT2D eigenvalue weighted by molar-refractivity contribution is 7.09. The van der Waals surface area contributed by atoms with E-state index in [1.807, 2.05) is 5.51 Å². The van der Waals surface area contributed by atoms with E-state index in [-0.39, 0.29) is 5.54 Å². The van der Waals surface area contributed by atoms with Crippen molar-refractivity contribution in [3.8, 4) is 0 Å². The molecule has 1 saturated heterocycles. The Bertz CT molecular complexity index is 933. The summed E-state index contributed by atoms with van der Waals surface area (Å²) in [5.41, 5.74) is 7.69. The van der Waals surface area contributed by atoms with E-state index < -0.39 is 0 Å². The lowest BCUT2D eigenvalue weighted by atomic mass is 9.78. The van der Waals surface area contributed by atoms with Gasteiger partial charge < -0.3 is 4.98 Å². The van der Waals surface area contributed by atoms with Crippen LogP contribution in [0, 0.1) is 6.92 Å². The summed E-state index contributed by atoms with van der Waals surface area (Å²) in [4.78, 5) is 14.9. The van der Waals surface area contributed by atoms with Gasteiger partial charge in [-0.2, -0.15) is 0 Å². The highest BCUT2D eigenvalue weighted by Crippen LogP contribution is 2.44. The van der Waals surface area contributed by atoms with Gasteiger partial charge in [-0.3, -0.25) is 9.80 Å². The highest BCUT2D eigenvalue weighted by Gasteiger charge is 2.44. The standard InChI is InChI=1S/C21H26N4S/c1-15-19(26-14-22-15)13-25-11-8-21(9-12-25)20-17(7-10-24(21)2)16-5-3-4-6-18(16)23-20/h3-6,14,23H,7-13H2,1-2H3. The molecule has 0 amide bonds. The number of piperidine rings is 1. The molecule has 26 heavy (non-hydrogen) atoms. The number of likely N-dealkylation sites (tertiary alicyclic amines) is 1. The number of likely N-dealkylation sites (N-methyl/N-ethyl adjacent to an activating group) is 1. The summed E-state index contributed by atoms with van der Waals surface area (Å²) < 4.78 is 0. The van der Waals surface area contributed by atoms with E-state index in [0.717, 1.165) is 32.6 Å². The summed E-state index contributed by atoms with van der Waals surface area (Å²) in [5, 5.41) is 1.43. The smallest absolute Gasteiger partial charge is 0.0798 e. The zero-order chi connectivity index (χ0) is 17.7. The molecule has 4 heterocycles. The monoisotopic (exact) mass is 366 g/mol. The highest BCUT2D eigenvalue weighted by atomic mass is 32.1. The van der Waals surface area contributed by atoms with Crippen LogP contribution in [0.1, 0.15) is 34.7 Å². The van der Waals surface area contributed by atoms with Crippen LogP contribution in [0.3, 0.4) is 0 Å². The van der Waals surface area contributed by atoms with Gasteiger partial charge in [0.05, 0.1) is 16.7 Å². The third-order valence-corrected chi connectivity index (χ3v) is 7.52. The molecule has 0 radical (unpaired) electrons. The molecule has 0 bridgehead atoms. The van der Waals surface area contributed by atoms with Gasteiger partial charge in [-0.05, 0) is 44.9 Å². The molecule has 1 fully saturated rings. The number of benzene rings is 1. The van der Waals surface area contributed by atoms with Crippen molar-refractivity contribution in [3.63, 3.8) is 0 Å². The van der Waals surface area contributed by atoms with Crippen LogP contribution in [-0.2, 0) is 18.5 Å². The van der Waals surface area contributed by atoms with E-state index in [9.17, 15) is 0 Å². The zero-order valence-corrected chi connectivity index (χ0v) is 16.4. The molecule has 5 heteroatoms. The predicted octanol–water partition coefficient (Wildman–Crippen LogP) is 3.91. The van der Waals surface area contributed by atoms with Crippen molar-refractivity contribution >= 4 is 22.2 Å². The lowest BCUT2D eigenvalue weighted by Gasteiger charge is -2.50. The number of para-hydroxylation sites is 1. The molecule has 0 saturated carbocycles. The lowest BCUT2D eigenvalue weighted by molar-refractivity contribution is 0.0231. The van der Waals surface area contributed by atoms with Crippen molar-refractivity contribution in [1.82, 2.24) is 19.8 Å². The maximum absolute atomic E-state index is 4.41. The Hall–Kier alpha value is -1.69. The summed E-state index contributed by atoms with van der Waals surface area (Å²) >= 11 is 1.79. The largest absolute Gasteiger partial charge is 0.357 e. The number of thiazole rings is 1. The number of rotatable bonds is 2. The molecular formula is C21H26N4S. The van der Waals surface area contributed by atoms with Crippen LogP contribution >= 0.6 is 11.3 Å². The Kier molecular flexibility index (Phi) is 3.92. The second-order valence-corrected chi connectivity index (χ2v) is 8.80. The molecule has 1 spiro atoms. The van der Waals surface area contributed by atoms with Gasteiger partial charge in [0.1, 0.15) is 0 Å². The molecule has 3 aromatic rings. The summed E-state index contributed by atoms with van der Waals surface area (Å²) in [6.45, 7) is 6.63. The fourth-order valence-corrected chi connectivity index (χ4v) is 5.75. The second kappa shape index (κ2) is 6.19. The number of nitrogens with one attached hydrogen (secondary N) is 1. The van der Waals surface area contributed by atoms with Gasteiger partial charge in [0.25, 0.3) is 0 Å². The Balaban J connectivity index is 1.44. The van der Waals surface area contributed by atoms with Crippen LogP contribution in [0.15, 0.2) is 29.8 Å². The van der Waals surface area contributed by atoms with Crippen LogP contribution in [0.4, 0.5) is 0 Å². The van der Waals surface area contributed by atoms with Crippen molar-refractivity contribution < 1.29 is 0 Å². The minimum absolute atomic E-state index is 0.172. The Morgan fingerprint density at radius 2 is 2.00 bits per heavy atom. The fraction of sp³-hybridized carbons (Fsp3) is 0.476. The first-order valence-corrected chi connectivity index (χ1v) is 10.5. The van der Waals surface area contributed by atoms with Crippen LogP contribution < -0.4 is 0 Å². The summed E-state index contributed by atoms with van der Waals surface area (Å²) in [7, 11) is 2.32. The normalized spacial score (nSPS) is 20.7. The van der Waals surface area contributed by atoms with Gasteiger partial charge >= 0.3 is 0 Å². The molecule has 1 N–H and O–H groups in total. The van der Waals surface area contributed by atoms with Crippen molar-refractivity contribution in [2.75, 3.05) is 26.7 Å². The van der Waals surface area contributed by atoms with Gasteiger partial charge in [0.2, 0.25) is 0 Å². The van der Waals surface area contributed by atoms with Crippen molar-refractivity contribution in [2.45, 2.75) is 38.3 Å². The topological polar surface area (TPSA) is 35.2 Å². The third-order valence-electron chi connectivity index (χ3n) is 6.60. The van der Waals surface area contributed by atoms with Gasteiger partial charge in [0.15, 0.2) is 0 Å². The second-order valence-electron chi connectivity index (χ2n) is 7.86. The Morgan fingerprint density at radius 1 is 1.19 bits per heavy atom. The Labute approximate surface area is 158 Å². The van der Waals surface area contributed by atoms with Crippen LogP contribution in [0.2, 0.25) is 0 Å². The fourth-order valence-electron chi connectivity index (χ4n) is 4.94. The van der Waals surface area contributed by atoms with Crippen molar-refractivity contribution in [2.24, 2.45) is 0 Å². The number of aromatic nitrogens is 2.